The van der Waals surface area contributed by atoms with Crippen LogP contribution in [0.5, 0.6) is 0 Å². The smallest absolute Gasteiger partial charge is 0.0619 e. The maximum Gasteiger partial charge on any atom is 0.0619 e. The predicted molar refractivity (Wildman–Crippen MR) is 102 cm³/mol. The summed E-state index contributed by atoms with van der Waals surface area (Å²) >= 11 is 0. The molecule has 3 saturated carbocycles. The van der Waals surface area contributed by atoms with Crippen LogP contribution in [-0.4, -0.2) is 22.9 Å². The Kier molecular flexibility index (Phi) is 4.21. The zero-order chi connectivity index (χ0) is 18.0. The molecule has 0 aromatic carbocycles. The van der Waals surface area contributed by atoms with Gasteiger partial charge < -0.3 is 9.84 Å². The molecular weight excluding hydrogens is 308 g/mol. The quantitative estimate of drug-likeness (QED) is 0.636. The van der Waals surface area contributed by atoms with Gasteiger partial charge in [0.05, 0.1) is 17.8 Å². The Labute approximate surface area is 154 Å². The predicted octanol–water partition coefficient (Wildman–Crippen LogP) is 5.49. The number of fused-ring (bicyclic) bond motifs is 5. The maximum atomic E-state index is 10.6. The van der Waals surface area contributed by atoms with Gasteiger partial charge in [-0.05, 0) is 101 Å². The lowest BCUT2D eigenvalue weighted by atomic mass is 9.48. The van der Waals surface area contributed by atoms with Crippen molar-refractivity contribution in [1.29, 1.82) is 0 Å². The lowest BCUT2D eigenvalue weighted by Gasteiger charge is -2.58. The molecule has 7 atom stereocenters. The van der Waals surface area contributed by atoms with Crippen LogP contribution in [0, 0.1) is 28.6 Å². The first-order chi connectivity index (χ1) is 11.6. The van der Waals surface area contributed by atoms with E-state index in [2.05, 4.69) is 40.7 Å². The van der Waals surface area contributed by atoms with E-state index >= 15 is 0 Å². The second-order valence-corrected chi connectivity index (χ2v) is 11.0. The third-order valence-electron chi connectivity index (χ3n) is 8.53. The monoisotopic (exact) mass is 346 g/mol. The van der Waals surface area contributed by atoms with Gasteiger partial charge in [0.1, 0.15) is 0 Å². The molecule has 0 heterocycles. The highest BCUT2D eigenvalue weighted by molar-refractivity contribution is 5.25. The second-order valence-electron chi connectivity index (χ2n) is 11.0. The average Bonchev–Trinajstić information content (AvgIpc) is 2.82. The van der Waals surface area contributed by atoms with Crippen LogP contribution in [0.2, 0.25) is 0 Å². The normalized spacial score (nSPS) is 49.8. The van der Waals surface area contributed by atoms with E-state index in [1.54, 1.807) is 5.57 Å². The minimum absolute atomic E-state index is 0.0389. The lowest BCUT2D eigenvalue weighted by molar-refractivity contribution is -0.0988. The minimum Gasteiger partial charge on any atom is -0.393 e. The number of rotatable bonds is 1. The van der Waals surface area contributed by atoms with Crippen LogP contribution < -0.4 is 0 Å². The average molecular weight is 347 g/mol. The van der Waals surface area contributed by atoms with Crippen molar-refractivity contribution in [2.45, 2.75) is 104 Å². The summed E-state index contributed by atoms with van der Waals surface area (Å²) in [7, 11) is 0. The first-order valence-corrected chi connectivity index (χ1v) is 10.7. The summed E-state index contributed by atoms with van der Waals surface area (Å²) in [5.41, 5.74) is 2.23. The Morgan fingerprint density at radius 2 is 1.80 bits per heavy atom. The van der Waals surface area contributed by atoms with Crippen LogP contribution in [0.4, 0.5) is 0 Å². The summed E-state index contributed by atoms with van der Waals surface area (Å²) in [6.45, 7) is 11.5. The Morgan fingerprint density at radius 1 is 1.04 bits per heavy atom. The van der Waals surface area contributed by atoms with Gasteiger partial charge in [-0.1, -0.05) is 25.5 Å². The van der Waals surface area contributed by atoms with Crippen molar-refractivity contribution < 1.29 is 9.84 Å². The number of aliphatic hydroxyl groups is 1. The molecule has 2 nitrogen and oxygen atoms in total. The van der Waals surface area contributed by atoms with E-state index in [1.165, 1.54) is 38.5 Å². The Morgan fingerprint density at radius 3 is 2.52 bits per heavy atom. The first-order valence-electron chi connectivity index (χ1n) is 10.7. The molecule has 0 amide bonds. The Balaban J connectivity index is 1.56. The third kappa shape index (κ3) is 2.83. The maximum absolute atomic E-state index is 10.6. The number of ether oxygens (including phenoxy) is 1. The van der Waals surface area contributed by atoms with Crippen molar-refractivity contribution in [2.24, 2.45) is 28.6 Å². The van der Waals surface area contributed by atoms with Crippen LogP contribution in [0.3, 0.4) is 0 Å². The summed E-state index contributed by atoms with van der Waals surface area (Å²) in [6, 6.07) is 0. The minimum atomic E-state index is -0.0624. The SMILES string of the molecule is CC(C)(C)O[C@@H]1CC[C@@]2(C)C(=CC[C@H]3[C@@H]4CC[C@H](O)[C@@]4(C)CC[C@@H]32)C1. The van der Waals surface area contributed by atoms with E-state index in [1.807, 2.05) is 0 Å². The molecule has 1 N–H and O–H groups in total. The Bertz CT molecular complexity index is 559. The molecule has 0 bridgehead atoms. The van der Waals surface area contributed by atoms with E-state index in [0.29, 0.717) is 11.5 Å². The molecule has 0 radical (unpaired) electrons. The van der Waals surface area contributed by atoms with Crippen LogP contribution in [0.25, 0.3) is 0 Å². The van der Waals surface area contributed by atoms with Crippen molar-refractivity contribution >= 4 is 0 Å². The van der Waals surface area contributed by atoms with Gasteiger partial charge in [0.25, 0.3) is 0 Å². The molecule has 4 aliphatic rings. The lowest BCUT2D eigenvalue weighted by Crippen LogP contribution is -2.51. The van der Waals surface area contributed by atoms with E-state index in [-0.39, 0.29) is 17.1 Å². The standard InChI is InChI=1S/C23H38O2/c1-21(2,3)25-16-10-12-22(4)15(14-16)6-7-17-18-8-9-20(24)23(18,5)13-11-19(17)22/h6,16-20,24H,7-14H2,1-5H3/t16-,17+,18+,19+,20+,22+,23+/m1/s1. The van der Waals surface area contributed by atoms with E-state index in [4.69, 9.17) is 4.74 Å². The fourth-order valence-corrected chi connectivity index (χ4v) is 7.20. The number of aliphatic hydroxyl groups excluding tert-OH is 1. The van der Waals surface area contributed by atoms with Gasteiger partial charge in [0, 0.05) is 0 Å². The topological polar surface area (TPSA) is 29.5 Å². The van der Waals surface area contributed by atoms with Gasteiger partial charge in [0.2, 0.25) is 0 Å². The number of hydrogen-bond acceptors (Lipinski definition) is 2. The highest BCUT2D eigenvalue weighted by Gasteiger charge is 2.58. The summed E-state index contributed by atoms with van der Waals surface area (Å²) in [5, 5.41) is 10.6. The largest absolute Gasteiger partial charge is 0.393 e. The van der Waals surface area contributed by atoms with Gasteiger partial charge >= 0.3 is 0 Å². The van der Waals surface area contributed by atoms with E-state index in [0.717, 1.165) is 30.6 Å². The van der Waals surface area contributed by atoms with Gasteiger partial charge in [-0.2, -0.15) is 0 Å². The van der Waals surface area contributed by atoms with Crippen LogP contribution >= 0.6 is 0 Å². The highest BCUT2D eigenvalue weighted by Crippen LogP contribution is 2.64. The van der Waals surface area contributed by atoms with Crippen LogP contribution in [0.15, 0.2) is 11.6 Å². The summed E-state index contributed by atoms with van der Waals surface area (Å²) in [5.74, 6) is 2.36. The molecule has 25 heavy (non-hydrogen) atoms. The molecule has 4 rings (SSSR count). The summed E-state index contributed by atoms with van der Waals surface area (Å²) in [4.78, 5) is 0. The number of hydrogen-bond donors (Lipinski definition) is 1. The van der Waals surface area contributed by atoms with Gasteiger partial charge in [-0.3, -0.25) is 0 Å². The third-order valence-corrected chi connectivity index (χ3v) is 8.53. The molecule has 0 aromatic rings. The van der Waals surface area contributed by atoms with Gasteiger partial charge in [-0.25, -0.2) is 0 Å². The highest BCUT2D eigenvalue weighted by atomic mass is 16.5. The van der Waals surface area contributed by atoms with Crippen molar-refractivity contribution in [1.82, 2.24) is 0 Å². The Hall–Kier alpha value is -0.340. The zero-order valence-corrected chi connectivity index (χ0v) is 17.0. The van der Waals surface area contributed by atoms with Gasteiger partial charge in [0.15, 0.2) is 0 Å². The second kappa shape index (κ2) is 5.83. The van der Waals surface area contributed by atoms with Crippen molar-refractivity contribution in [3.63, 3.8) is 0 Å². The van der Waals surface area contributed by atoms with Crippen molar-refractivity contribution in [2.75, 3.05) is 0 Å². The zero-order valence-electron chi connectivity index (χ0n) is 17.0. The van der Waals surface area contributed by atoms with Crippen LogP contribution in [0.1, 0.15) is 86.0 Å². The molecule has 0 spiro atoms. The fourth-order valence-electron chi connectivity index (χ4n) is 7.20. The first kappa shape index (κ1) is 18.0. The molecule has 0 saturated heterocycles. The molecule has 4 aliphatic carbocycles. The molecule has 0 unspecified atom stereocenters. The van der Waals surface area contributed by atoms with Gasteiger partial charge in [-0.15, -0.1) is 0 Å². The summed E-state index contributed by atoms with van der Waals surface area (Å²) in [6.07, 6.45) is 12.6. The van der Waals surface area contributed by atoms with Crippen LogP contribution in [-0.2, 0) is 4.74 Å². The molecule has 3 fully saturated rings. The number of allylic oxidation sites excluding steroid dienone is 1. The molecule has 142 valence electrons. The summed E-state index contributed by atoms with van der Waals surface area (Å²) < 4.78 is 6.33. The molecular formula is C23H38O2. The van der Waals surface area contributed by atoms with Crippen molar-refractivity contribution in [3.05, 3.63) is 11.6 Å². The molecule has 0 aliphatic heterocycles. The fraction of sp³-hybridized carbons (Fsp3) is 0.913. The molecule has 2 heteroatoms. The van der Waals surface area contributed by atoms with E-state index < -0.39 is 0 Å². The van der Waals surface area contributed by atoms with Crippen molar-refractivity contribution in [3.8, 4) is 0 Å². The molecule has 0 aromatic heterocycles. The van der Waals surface area contributed by atoms with E-state index in [9.17, 15) is 5.11 Å².